The molecule has 6 heteroatoms. The van der Waals surface area contributed by atoms with Crippen LogP contribution in [0.15, 0.2) is 0 Å². The van der Waals surface area contributed by atoms with Crippen LogP contribution < -0.4 is 0 Å². The van der Waals surface area contributed by atoms with Gasteiger partial charge in [-0.15, -0.1) is 0 Å². The van der Waals surface area contributed by atoms with E-state index in [1.165, 1.54) is 11.8 Å². The van der Waals surface area contributed by atoms with E-state index in [4.69, 9.17) is 19.7 Å². The fraction of sp³-hybridized carbons (Fsp3) is 1.00. The van der Waals surface area contributed by atoms with E-state index < -0.39 is 12.2 Å². The summed E-state index contributed by atoms with van der Waals surface area (Å²) < 4.78 is 9.90. The Kier molecular flexibility index (Phi) is 10.8. The summed E-state index contributed by atoms with van der Waals surface area (Å²) in [5.74, 6) is 0.912. The summed E-state index contributed by atoms with van der Waals surface area (Å²) in [4.78, 5) is 0. The van der Waals surface area contributed by atoms with Crippen molar-refractivity contribution in [3.8, 4) is 0 Å². The lowest BCUT2D eigenvalue weighted by Gasteiger charge is -2.12. The molecule has 0 heterocycles. The van der Waals surface area contributed by atoms with Gasteiger partial charge in [-0.1, -0.05) is 0 Å². The Balaban J connectivity index is 3.21. The van der Waals surface area contributed by atoms with Crippen molar-refractivity contribution in [2.75, 3.05) is 45.0 Å². The van der Waals surface area contributed by atoms with Crippen LogP contribution in [0.5, 0.6) is 0 Å². The third-order valence-corrected chi connectivity index (χ3v) is 2.81. The molecule has 0 fully saturated rings. The van der Waals surface area contributed by atoms with E-state index in [0.29, 0.717) is 24.7 Å². The maximum atomic E-state index is 9.40. The molecule has 2 atom stereocenters. The molecule has 0 aliphatic heterocycles. The molecule has 0 saturated carbocycles. The zero-order valence-corrected chi connectivity index (χ0v) is 9.78. The molecule has 0 aromatic rings. The van der Waals surface area contributed by atoms with Crippen molar-refractivity contribution < 1.29 is 24.8 Å². The van der Waals surface area contributed by atoms with Crippen LogP contribution in [-0.2, 0) is 9.47 Å². The van der Waals surface area contributed by atoms with Crippen molar-refractivity contribution in [3.05, 3.63) is 0 Å². The standard InChI is InChI=1S/C9H20O5S/c1-13-2-3-14-5-9(12)7-15-6-8(11)4-10/h8-12H,2-7H2,1H3. The average molecular weight is 240 g/mol. The first-order valence-electron chi connectivity index (χ1n) is 4.82. The number of methoxy groups -OCH3 is 1. The number of aliphatic hydroxyl groups excluding tert-OH is 3. The van der Waals surface area contributed by atoms with Gasteiger partial charge in [0, 0.05) is 18.6 Å². The highest BCUT2D eigenvalue weighted by Gasteiger charge is 2.07. The first kappa shape index (κ1) is 15.2. The largest absolute Gasteiger partial charge is 0.394 e. The van der Waals surface area contributed by atoms with Crippen LogP contribution in [-0.4, -0.2) is 72.6 Å². The van der Waals surface area contributed by atoms with Crippen molar-refractivity contribution in [2.24, 2.45) is 0 Å². The molecular weight excluding hydrogens is 220 g/mol. The average Bonchev–Trinajstić information content (AvgIpc) is 2.24. The Morgan fingerprint density at radius 1 is 1.13 bits per heavy atom. The number of hydrogen-bond donors (Lipinski definition) is 3. The van der Waals surface area contributed by atoms with Crippen molar-refractivity contribution >= 4 is 11.8 Å². The van der Waals surface area contributed by atoms with E-state index in [1.54, 1.807) is 7.11 Å². The number of rotatable bonds is 10. The van der Waals surface area contributed by atoms with Gasteiger partial charge in [-0.2, -0.15) is 11.8 Å². The van der Waals surface area contributed by atoms with Gasteiger partial charge in [-0.25, -0.2) is 0 Å². The topological polar surface area (TPSA) is 79.2 Å². The Morgan fingerprint density at radius 3 is 2.40 bits per heavy atom. The van der Waals surface area contributed by atoms with Gasteiger partial charge in [0.25, 0.3) is 0 Å². The molecule has 2 unspecified atom stereocenters. The van der Waals surface area contributed by atoms with E-state index >= 15 is 0 Å². The van der Waals surface area contributed by atoms with Crippen LogP contribution in [0.2, 0.25) is 0 Å². The van der Waals surface area contributed by atoms with Crippen molar-refractivity contribution in [3.63, 3.8) is 0 Å². The Hall–Kier alpha value is 0.150. The second kappa shape index (κ2) is 10.7. The first-order valence-corrected chi connectivity index (χ1v) is 5.97. The molecule has 3 N–H and O–H groups in total. The number of ether oxygens (including phenoxy) is 2. The monoisotopic (exact) mass is 240 g/mol. The minimum atomic E-state index is -0.711. The number of aliphatic hydroxyl groups is 3. The minimum absolute atomic E-state index is 0.243. The maximum absolute atomic E-state index is 9.40. The second-order valence-electron chi connectivity index (χ2n) is 3.10. The Bertz CT molecular complexity index is 136. The molecule has 0 bridgehead atoms. The molecule has 0 aromatic heterocycles. The van der Waals surface area contributed by atoms with Crippen LogP contribution in [0.1, 0.15) is 0 Å². The predicted molar refractivity (Wildman–Crippen MR) is 59.1 cm³/mol. The van der Waals surface area contributed by atoms with Crippen LogP contribution in [0.4, 0.5) is 0 Å². The molecule has 0 aromatic carbocycles. The molecule has 0 spiro atoms. The van der Waals surface area contributed by atoms with Gasteiger partial charge in [0.2, 0.25) is 0 Å². The highest BCUT2D eigenvalue weighted by Crippen LogP contribution is 2.05. The van der Waals surface area contributed by atoms with Gasteiger partial charge in [0.1, 0.15) is 0 Å². The van der Waals surface area contributed by atoms with Crippen molar-refractivity contribution in [1.82, 2.24) is 0 Å². The van der Waals surface area contributed by atoms with Crippen LogP contribution >= 0.6 is 11.8 Å². The fourth-order valence-electron chi connectivity index (χ4n) is 0.803. The van der Waals surface area contributed by atoms with Crippen LogP contribution in [0, 0.1) is 0 Å². The van der Waals surface area contributed by atoms with Gasteiger partial charge in [0.05, 0.1) is 38.6 Å². The molecule has 92 valence electrons. The number of hydrogen-bond acceptors (Lipinski definition) is 6. The van der Waals surface area contributed by atoms with E-state index in [0.717, 1.165) is 0 Å². The minimum Gasteiger partial charge on any atom is -0.394 e. The van der Waals surface area contributed by atoms with Gasteiger partial charge in [0.15, 0.2) is 0 Å². The van der Waals surface area contributed by atoms with Crippen LogP contribution in [0.3, 0.4) is 0 Å². The van der Waals surface area contributed by atoms with E-state index in [1.807, 2.05) is 0 Å². The first-order chi connectivity index (χ1) is 7.20. The molecule has 0 aliphatic rings. The van der Waals surface area contributed by atoms with Gasteiger partial charge < -0.3 is 24.8 Å². The van der Waals surface area contributed by atoms with Gasteiger partial charge in [-0.05, 0) is 0 Å². The lowest BCUT2D eigenvalue weighted by atomic mass is 10.4. The fourth-order valence-corrected chi connectivity index (χ4v) is 1.68. The summed E-state index contributed by atoms with van der Waals surface area (Å²) in [5.41, 5.74) is 0. The molecule has 5 nitrogen and oxygen atoms in total. The molecular formula is C9H20O5S. The molecule has 0 saturated heterocycles. The van der Waals surface area contributed by atoms with Crippen LogP contribution in [0.25, 0.3) is 0 Å². The maximum Gasteiger partial charge on any atom is 0.0863 e. The zero-order chi connectivity index (χ0) is 11.5. The number of thioether (sulfide) groups is 1. The molecule has 0 rings (SSSR count). The Morgan fingerprint density at radius 2 is 1.80 bits per heavy atom. The van der Waals surface area contributed by atoms with Crippen molar-refractivity contribution in [2.45, 2.75) is 12.2 Å². The highest BCUT2D eigenvalue weighted by molar-refractivity contribution is 7.99. The lowest BCUT2D eigenvalue weighted by Crippen LogP contribution is -2.22. The van der Waals surface area contributed by atoms with E-state index in [-0.39, 0.29) is 13.2 Å². The molecule has 15 heavy (non-hydrogen) atoms. The second-order valence-corrected chi connectivity index (χ2v) is 4.17. The SMILES string of the molecule is COCCOCC(O)CSCC(O)CO. The smallest absolute Gasteiger partial charge is 0.0863 e. The summed E-state index contributed by atoms with van der Waals surface area (Å²) in [6, 6.07) is 0. The third-order valence-electron chi connectivity index (χ3n) is 1.57. The summed E-state index contributed by atoms with van der Waals surface area (Å²) in [6.45, 7) is 1.01. The molecule has 0 aliphatic carbocycles. The highest BCUT2D eigenvalue weighted by atomic mass is 32.2. The van der Waals surface area contributed by atoms with Gasteiger partial charge >= 0.3 is 0 Å². The normalized spacial score (nSPS) is 15.2. The Labute approximate surface area is 94.4 Å². The predicted octanol–water partition coefficient (Wildman–Crippen LogP) is -0.903. The summed E-state index contributed by atoms with van der Waals surface area (Å²) >= 11 is 1.39. The quantitative estimate of drug-likeness (QED) is 0.429. The molecule has 0 amide bonds. The van der Waals surface area contributed by atoms with Crippen molar-refractivity contribution in [1.29, 1.82) is 0 Å². The molecule has 0 radical (unpaired) electrons. The summed E-state index contributed by atoms with van der Waals surface area (Å²) in [6.07, 6.45) is -1.26. The van der Waals surface area contributed by atoms with E-state index in [2.05, 4.69) is 0 Å². The van der Waals surface area contributed by atoms with Gasteiger partial charge in [-0.3, -0.25) is 0 Å². The zero-order valence-electron chi connectivity index (χ0n) is 8.96. The lowest BCUT2D eigenvalue weighted by molar-refractivity contribution is 0.0218. The summed E-state index contributed by atoms with van der Waals surface area (Å²) in [7, 11) is 1.59. The van der Waals surface area contributed by atoms with E-state index in [9.17, 15) is 5.11 Å². The third kappa shape index (κ3) is 10.4. The summed E-state index contributed by atoms with van der Waals surface area (Å²) in [5, 5.41) is 27.0.